The maximum absolute atomic E-state index is 13.5. The Morgan fingerprint density at radius 1 is 0.968 bits per heavy atom. The van der Waals surface area contributed by atoms with Crippen LogP contribution >= 0.6 is 15.9 Å². The molecule has 2 unspecified atom stereocenters. The van der Waals surface area contributed by atoms with Crippen molar-refractivity contribution in [1.82, 2.24) is 0 Å². The molecule has 0 fully saturated rings. The number of carbonyl (C=O) groups is 2. The van der Waals surface area contributed by atoms with Crippen LogP contribution in [0.5, 0.6) is 0 Å². The van der Waals surface area contributed by atoms with Crippen LogP contribution in [-0.4, -0.2) is 11.8 Å². The molecule has 0 saturated heterocycles. The van der Waals surface area contributed by atoms with Crippen LogP contribution in [0.15, 0.2) is 77.3 Å². The van der Waals surface area contributed by atoms with Crippen LogP contribution in [0.1, 0.15) is 59.8 Å². The van der Waals surface area contributed by atoms with Gasteiger partial charge in [0.25, 0.3) is 0 Å². The Balaban J connectivity index is 1.98. The highest BCUT2D eigenvalue weighted by Crippen LogP contribution is 2.31. The smallest absolute Gasteiger partial charge is 0.308 e. The molecule has 0 aliphatic carbocycles. The predicted octanol–water partition coefficient (Wildman–Crippen LogP) is 6.72. The van der Waals surface area contributed by atoms with E-state index in [1.54, 1.807) is 0 Å². The summed E-state index contributed by atoms with van der Waals surface area (Å²) in [7, 11) is 0. The molecule has 0 heterocycles. The number of hydrogen-bond acceptors (Lipinski definition) is 3. The monoisotopic (exact) mass is 477 g/mol. The van der Waals surface area contributed by atoms with Gasteiger partial charge in [0, 0.05) is 10.0 Å². The molecular weight excluding hydrogens is 452 g/mol. The number of ether oxygens (including phenoxy) is 1. The van der Waals surface area contributed by atoms with Crippen LogP contribution in [0, 0.1) is 12.0 Å². The van der Waals surface area contributed by atoms with Gasteiger partial charge in [0.1, 0.15) is 6.10 Å². The molecule has 0 aliphatic rings. The average molecular weight is 478 g/mol. The first-order valence-electron chi connectivity index (χ1n) is 10.4. The Hall–Kier alpha value is -2.72. The van der Waals surface area contributed by atoms with Crippen LogP contribution in [0.25, 0.3) is 0 Å². The van der Waals surface area contributed by atoms with Crippen LogP contribution < -0.4 is 0 Å². The van der Waals surface area contributed by atoms with Gasteiger partial charge >= 0.3 is 5.97 Å². The van der Waals surface area contributed by atoms with E-state index in [0.717, 1.165) is 21.2 Å². The van der Waals surface area contributed by atoms with Crippen molar-refractivity contribution in [2.24, 2.45) is 5.92 Å². The largest absolute Gasteiger partial charge is 0.458 e. The number of esters is 1. The Morgan fingerprint density at radius 3 is 2.19 bits per heavy atom. The summed E-state index contributed by atoms with van der Waals surface area (Å²) in [6.07, 6.45) is 0.0571. The van der Waals surface area contributed by atoms with Crippen molar-refractivity contribution < 1.29 is 14.3 Å². The van der Waals surface area contributed by atoms with Crippen molar-refractivity contribution in [2.45, 2.75) is 39.2 Å². The molecule has 3 aromatic carbocycles. The van der Waals surface area contributed by atoms with Gasteiger partial charge in [0.2, 0.25) is 0 Å². The number of halogens is 1. The molecule has 3 rings (SSSR count). The van der Waals surface area contributed by atoms with Crippen LogP contribution in [0.4, 0.5) is 0 Å². The minimum absolute atomic E-state index is 0.0635. The molecule has 3 nitrogen and oxygen atoms in total. The van der Waals surface area contributed by atoms with E-state index in [1.165, 1.54) is 0 Å². The minimum Gasteiger partial charge on any atom is -0.458 e. The first kappa shape index (κ1) is 23.0. The van der Waals surface area contributed by atoms with Crippen LogP contribution in [0.3, 0.4) is 0 Å². The van der Waals surface area contributed by atoms with Crippen LogP contribution in [0.2, 0.25) is 0 Å². The molecule has 0 saturated carbocycles. The number of hydrogen-bond donors (Lipinski definition) is 0. The molecule has 0 N–H and O–H groups in total. The van der Waals surface area contributed by atoms with E-state index in [9.17, 15) is 9.59 Å². The first-order chi connectivity index (χ1) is 14.9. The first-order valence-corrected chi connectivity index (χ1v) is 11.2. The molecular formula is C27H26BrO3. The second kappa shape index (κ2) is 10.5. The van der Waals surface area contributed by atoms with Crippen molar-refractivity contribution >= 4 is 27.7 Å². The zero-order chi connectivity index (χ0) is 22.4. The van der Waals surface area contributed by atoms with Gasteiger partial charge in [-0.05, 0) is 48.2 Å². The minimum atomic E-state index is -0.433. The summed E-state index contributed by atoms with van der Waals surface area (Å²) in [6, 6.07) is 26.1. The molecule has 0 amide bonds. The van der Waals surface area contributed by atoms with Gasteiger partial charge in [0.05, 0.1) is 11.8 Å². The zero-order valence-corrected chi connectivity index (χ0v) is 19.6. The van der Waals surface area contributed by atoms with E-state index in [2.05, 4.69) is 22.0 Å². The van der Waals surface area contributed by atoms with E-state index < -0.39 is 6.10 Å². The number of Topliss-reactive ketones (excluding diaryl/α,β-unsaturated/α-hetero) is 1. The lowest BCUT2D eigenvalue weighted by molar-refractivity contribution is -0.152. The maximum Gasteiger partial charge on any atom is 0.308 e. The lowest BCUT2D eigenvalue weighted by Gasteiger charge is -2.22. The summed E-state index contributed by atoms with van der Waals surface area (Å²) in [5.41, 5.74) is 3.45. The third-order valence-corrected chi connectivity index (χ3v) is 5.70. The van der Waals surface area contributed by atoms with Crippen molar-refractivity contribution in [1.29, 1.82) is 0 Å². The molecule has 0 bridgehead atoms. The molecule has 4 heteroatoms. The topological polar surface area (TPSA) is 43.4 Å². The third kappa shape index (κ3) is 5.92. The van der Waals surface area contributed by atoms with Crippen molar-refractivity contribution in [3.8, 4) is 0 Å². The highest BCUT2D eigenvalue weighted by atomic mass is 79.9. The van der Waals surface area contributed by atoms with Crippen molar-refractivity contribution in [3.63, 3.8) is 0 Å². The number of benzene rings is 3. The van der Waals surface area contributed by atoms with Gasteiger partial charge in [-0.25, -0.2) is 0 Å². The van der Waals surface area contributed by atoms with Crippen molar-refractivity contribution in [2.75, 3.05) is 0 Å². The lowest BCUT2D eigenvalue weighted by atomic mass is 9.84. The fourth-order valence-corrected chi connectivity index (χ4v) is 3.91. The highest BCUT2D eigenvalue weighted by molar-refractivity contribution is 9.10. The predicted molar refractivity (Wildman–Crippen MR) is 126 cm³/mol. The molecule has 31 heavy (non-hydrogen) atoms. The Morgan fingerprint density at radius 2 is 1.58 bits per heavy atom. The zero-order valence-electron chi connectivity index (χ0n) is 18.0. The number of rotatable bonds is 8. The maximum atomic E-state index is 13.5. The Kier molecular flexibility index (Phi) is 7.80. The summed E-state index contributed by atoms with van der Waals surface area (Å²) in [5.74, 6) is -0.749. The van der Waals surface area contributed by atoms with Crippen molar-refractivity contribution in [3.05, 3.63) is 106 Å². The fourth-order valence-electron chi connectivity index (χ4n) is 3.52. The summed E-state index contributed by atoms with van der Waals surface area (Å²) in [4.78, 5) is 25.6. The van der Waals surface area contributed by atoms with E-state index in [-0.39, 0.29) is 23.6 Å². The van der Waals surface area contributed by atoms with Gasteiger partial charge in [0.15, 0.2) is 5.78 Å². The quantitative estimate of drug-likeness (QED) is 0.267. The summed E-state index contributed by atoms with van der Waals surface area (Å²) < 4.78 is 6.45. The summed E-state index contributed by atoms with van der Waals surface area (Å²) in [6.45, 7) is 5.48. The fraction of sp³-hybridized carbons (Fsp3) is 0.259. The summed E-state index contributed by atoms with van der Waals surface area (Å²) >= 11 is 3.50. The SMILES string of the molecule is CC(C)C(=O)OC(C)c1c[c]c(Br)cc1CC(C(=O)c1ccccc1)c1ccccc1. The van der Waals surface area contributed by atoms with Gasteiger partial charge < -0.3 is 4.74 Å². The molecule has 1 radical (unpaired) electrons. The van der Waals surface area contributed by atoms with E-state index >= 15 is 0 Å². The molecule has 3 aromatic rings. The Bertz CT molecular complexity index is 1030. The van der Waals surface area contributed by atoms with Gasteiger partial charge in [-0.15, -0.1) is 0 Å². The normalized spacial score (nSPS) is 12.9. The molecule has 159 valence electrons. The van der Waals surface area contributed by atoms with Gasteiger partial charge in [-0.3, -0.25) is 9.59 Å². The van der Waals surface area contributed by atoms with Gasteiger partial charge in [-0.2, -0.15) is 0 Å². The number of ketones is 1. The van der Waals surface area contributed by atoms with E-state index in [4.69, 9.17) is 4.74 Å². The second-order valence-corrected chi connectivity index (χ2v) is 8.75. The third-order valence-electron chi connectivity index (χ3n) is 5.24. The van der Waals surface area contributed by atoms with E-state index in [0.29, 0.717) is 12.0 Å². The standard InChI is InChI=1S/C27H26BrO3/c1-18(2)27(30)31-19(3)24-15-14-23(28)16-22(24)17-25(20-10-6-4-7-11-20)26(29)21-12-8-5-9-13-21/h4-13,15-16,18-19,25H,17H2,1-3H3. The molecule has 0 aliphatic heterocycles. The molecule has 0 aromatic heterocycles. The molecule has 2 atom stereocenters. The average Bonchev–Trinajstić information content (AvgIpc) is 2.78. The van der Waals surface area contributed by atoms with E-state index in [1.807, 2.05) is 93.6 Å². The van der Waals surface area contributed by atoms with Gasteiger partial charge in [-0.1, -0.05) is 90.4 Å². The Labute approximate surface area is 192 Å². The number of carbonyl (C=O) groups excluding carboxylic acids is 2. The second-order valence-electron chi connectivity index (χ2n) is 7.89. The highest BCUT2D eigenvalue weighted by Gasteiger charge is 2.25. The lowest BCUT2D eigenvalue weighted by Crippen LogP contribution is -2.19. The van der Waals surface area contributed by atoms with Crippen LogP contribution in [-0.2, 0) is 16.0 Å². The summed E-state index contributed by atoms with van der Waals surface area (Å²) in [5, 5.41) is 0. The molecule has 0 spiro atoms.